The molecule has 0 saturated heterocycles. The summed E-state index contributed by atoms with van der Waals surface area (Å²) < 4.78 is 0. The minimum absolute atomic E-state index is 0.184. The van der Waals surface area contributed by atoms with Crippen LogP contribution >= 0.6 is 11.3 Å². The minimum atomic E-state index is -0.230. The van der Waals surface area contributed by atoms with Crippen molar-refractivity contribution in [2.24, 2.45) is 0 Å². The Morgan fingerprint density at radius 3 is 2.55 bits per heavy atom. The van der Waals surface area contributed by atoms with Crippen LogP contribution in [0.2, 0.25) is 0 Å². The number of nitrogens with zero attached hydrogens (tertiary/aromatic N) is 1. The van der Waals surface area contributed by atoms with Gasteiger partial charge in [-0.3, -0.25) is 19.3 Å². The number of benzene rings is 2. The summed E-state index contributed by atoms with van der Waals surface area (Å²) in [5, 5.41) is 4.95. The zero-order valence-corrected chi connectivity index (χ0v) is 16.4. The maximum absolute atomic E-state index is 13.0. The van der Waals surface area contributed by atoms with E-state index in [1.54, 1.807) is 53.8 Å². The molecule has 0 bridgehead atoms. The highest BCUT2D eigenvalue weighted by atomic mass is 32.1. The summed E-state index contributed by atoms with van der Waals surface area (Å²) in [5.74, 6) is -0.601. The lowest BCUT2D eigenvalue weighted by atomic mass is 9.83. The minimum Gasteiger partial charge on any atom is -0.324 e. The third-order valence-corrected chi connectivity index (χ3v) is 6.50. The van der Waals surface area contributed by atoms with Crippen molar-refractivity contribution in [2.45, 2.75) is 13.0 Å². The van der Waals surface area contributed by atoms with Gasteiger partial charge in [0.15, 0.2) is 11.6 Å². The smallest absolute Gasteiger partial charge is 0.238 e. The predicted octanol–water partition coefficient (Wildman–Crippen LogP) is 3.52. The maximum atomic E-state index is 13.0. The van der Waals surface area contributed by atoms with Gasteiger partial charge in [0.25, 0.3) is 0 Å². The van der Waals surface area contributed by atoms with Crippen LogP contribution in [0.15, 0.2) is 53.9 Å². The second kappa shape index (κ2) is 7.06. The molecule has 0 atom stereocenters. The Kier molecular flexibility index (Phi) is 4.38. The summed E-state index contributed by atoms with van der Waals surface area (Å²) in [4.78, 5) is 42.1. The largest absolute Gasteiger partial charge is 0.324 e. The van der Waals surface area contributed by atoms with E-state index in [0.717, 1.165) is 19.5 Å². The van der Waals surface area contributed by atoms with Gasteiger partial charge in [-0.2, -0.15) is 0 Å². The van der Waals surface area contributed by atoms with Crippen LogP contribution in [0.4, 0.5) is 5.69 Å². The average molecular weight is 402 g/mol. The third-order valence-electron chi connectivity index (χ3n) is 5.48. The molecule has 144 valence electrons. The first-order valence-electron chi connectivity index (χ1n) is 9.50. The summed E-state index contributed by atoms with van der Waals surface area (Å²) in [5.41, 5.74) is 3.09. The molecule has 1 aliphatic carbocycles. The molecule has 1 aliphatic heterocycles. The normalized spacial score (nSPS) is 15.4. The number of hydrogen-bond acceptors (Lipinski definition) is 5. The van der Waals surface area contributed by atoms with Crippen LogP contribution in [0.3, 0.4) is 0 Å². The number of carbonyl (C=O) groups excluding carboxylic acids is 3. The average Bonchev–Trinajstić information content (AvgIpc) is 3.20. The van der Waals surface area contributed by atoms with Gasteiger partial charge in [-0.05, 0) is 29.5 Å². The standard InChI is InChI=1S/C23H18N2O3S/c26-20(13-25-10-8-19-14(12-25)9-11-29-19)24-18-7-3-6-17-21(18)23(28)16-5-2-1-4-15(16)22(17)27/h1-7,9,11H,8,10,12-13H2,(H,24,26). The van der Waals surface area contributed by atoms with Gasteiger partial charge in [-0.15, -0.1) is 11.3 Å². The van der Waals surface area contributed by atoms with Crippen LogP contribution in [0.5, 0.6) is 0 Å². The fourth-order valence-electron chi connectivity index (χ4n) is 4.08. The summed E-state index contributed by atoms with van der Waals surface area (Å²) in [6.45, 7) is 1.83. The molecule has 1 aromatic heterocycles. The molecule has 0 spiro atoms. The van der Waals surface area contributed by atoms with E-state index in [9.17, 15) is 14.4 Å². The molecule has 1 N–H and O–H groups in total. The number of rotatable bonds is 3. The van der Waals surface area contributed by atoms with Crippen molar-refractivity contribution in [2.75, 3.05) is 18.4 Å². The van der Waals surface area contributed by atoms with E-state index in [1.165, 1.54) is 10.4 Å². The van der Waals surface area contributed by atoms with Gasteiger partial charge in [0.05, 0.1) is 17.8 Å². The molecule has 3 aromatic rings. The van der Waals surface area contributed by atoms with Crippen molar-refractivity contribution in [3.63, 3.8) is 0 Å². The quantitative estimate of drug-likeness (QED) is 0.569. The molecule has 0 saturated carbocycles. The number of nitrogens with one attached hydrogen (secondary N) is 1. The lowest BCUT2D eigenvalue weighted by Crippen LogP contribution is -2.37. The Labute approximate surface area is 172 Å². The van der Waals surface area contributed by atoms with Crippen molar-refractivity contribution in [1.82, 2.24) is 4.90 Å². The number of thiophene rings is 1. The molecule has 1 amide bonds. The number of fused-ring (bicyclic) bond motifs is 3. The van der Waals surface area contributed by atoms with Crippen LogP contribution in [0.1, 0.15) is 42.3 Å². The SMILES string of the molecule is O=C(CN1CCc2sccc2C1)Nc1cccc2c1C(=O)c1ccccc1C2=O. The fraction of sp³-hybridized carbons (Fsp3) is 0.174. The van der Waals surface area contributed by atoms with Crippen molar-refractivity contribution < 1.29 is 14.4 Å². The molecule has 2 aromatic carbocycles. The Hall–Kier alpha value is -3.09. The molecule has 6 heteroatoms. The Morgan fingerprint density at radius 1 is 0.966 bits per heavy atom. The summed E-state index contributed by atoms with van der Waals surface area (Å²) in [6, 6.07) is 13.9. The Bertz CT molecular complexity index is 1160. The number of ketones is 2. The van der Waals surface area contributed by atoms with Crippen molar-refractivity contribution >= 4 is 34.5 Å². The molecule has 2 heterocycles. The van der Waals surface area contributed by atoms with E-state index >= 15 is 0 Å². The lowest BCUT2D eigenvalue weighted by Gasteiger charge is -2.26. The summed E-state index contributed by atoms with van der Waals surface area (Å²) in [6.07, 6.45) is 0.949. The van der Waals surface area contributed by atoms with E-state index in [1.807, 2.05) is 0 Å². The second-order valence-electron chi connectivity index (χ2n) is 7.31. The highest BCUT2D eigenvalue weighted by molar-refractivity contribution is 7.10. The number of anilines is 1. The van der Waals surface area contributed by atoms with Gasteiger partial charge in [0.1, 0.15) is 0 Å². The highest BCUT2D eigenvalue weighted by Crippen LogP contribution is 2.32. The molecule has 0 radical (unpaired) electrons. The Morgan fingerprint density at radius 2 is 1.72 bits per heavy atom. The molecule has 0 fully saturated rings. The zero-order chi connectivity index (χ0) is 20.0. The van der Waals surface area contributed by atoms with E-state index in [0.29, 0.717) is 22.4 Å². The molecule has 29 heavy (non-hydrogen) atoms. The molecular weight excluding hydrogens is 384 g/mol. The number of amides is 1. The topological polar surface area (TPSA) is 66.5 Å². The first kappa shape index (κ1) is 18.0. The molecule has 5 nitrogen and oxygen atoms in total. The molecule has 5 rings (SSSR count). The maximum Gasteiger partial charge on any atom is 0.238 e. The van der Waals surface area contributed by atoms with Gasteiger partial charge in [0.2, 0.25) is 5.91 Å². The molecule has 0 unspecified atom stereocenters. The van der Waals surface area contributed by atoms with Crippen molar-refractivity contribution in [3.05, 3.63) is 86.6 Å². The van der Waals surface area contributed by atoms with Gasteiger partial charge >= 0.3 is 0 Å². The van der Waals surface area contributed by atoms with E-state index in [2.05, 4.69) is 21.7 Å². The van der Waals surface area contributed by atoms with Gasteiger partial charge in [0, 0.05) is 34.7 Å². The van der Waals surface area contributed by atoms with Crippen LogP contribution in [-0.2, 0) is 17.8 Å². The fourth-order valence-corrected chi connectivity index (χ4v) is 4.97. The first-order valence-corrected chi connectivity index (χ1v) is 10.4. The summed E-state index contributed by atoms with van der Waals surface area (Å²) in [7, 11) is 0. The molecule has 2 aliphatic rings. The van der Waals surface area contributed by atoms with Crippen LogP contribution in [0.25, 0.3) is 0 Å². The van der Waals surface area contributed by atoms with Crippen LogP contribution < -0.4 is 5.32 Å². The van der Waals surface area contributed by atoms with Crippen LogP contribution in [0, 0.1) is 0 Å². The van der Waals surface area contributed by atoms with Gasteiger partial charge < -0.3 is 5.32 Å². The van der Waals surface area contributed by atoms with Gasteiger partial charge in [-0.25, -0.2) is 0 Å². The van der Waals surface area contributed by atoms with Crippen LogP contribution in [-0.4, -0.2) is 35.5 Å². The monoisotopic (exact) mass is 402 g/mol. The second-order valence-corrected chi connectivity index (χ2v) is 8.31. The molecular formula is C23H18N2O3S. The lowest BCUT2D eigenvalue weighted by molar-refractivity contribution is -0.117. The van der Waals surface area contributed by atoms with Crippen molar-refractivity contribution in [3.8, 4) is 0 Å². The van der Waals surface area contributed by atoms with E-state index in [4.69, 9.17) is 0 Å². The van der Waals surface area contributed by atoms with Gasteiger partial charge in [-0.1, -0.05) is 36.4 Å². The van der Waals surface area contributed by atoms with E-state index in [-0.39, 0.29) is 29.6 Å². The summed E-state index contributed by atoms with van der Waals surface area (Å²) >= 11 is 1.76. The van der Waals surface area contributed by atoms with Crippen molar-refractivity contribution in [1.29, 1.82) is 0 Å². The predicted molar refractivity (Wildman–Crippen MR) is 112 cm³/mol. The highest BCUT2D eigenvalue weighted by Gasteiger charge is 2.31. The Balaban J connectivity index is 1.38. The number of carbonyl (C=O) groups is 3. The number of hydrogen-bond donors (Lipinski definition) is 1. The van der Waals surface area contributed by atoms with E-state index < -0.39 is 0 Å². The first-order chi connectivity index (χ1) is 14.1. The zero-order valence-electron chi connectivity index (χ0n) is 15.6. The third kappa shape index (κ3) is 3.10.